The highest BCUT2D eigenvalue weighted by Gasteiger charge is 2.18. The molecule has 2 rings (SSSR count). The number of amides is 1. The van der Waals surface area contributed by atoms with E-state index in [4.69, 9.17) is 0 Å². The molecule has 1 aliphatic rings. The number of aromatic nitrogens is 1. The molecule has 104 valence electrons. The molecule has 0 aliphatic carbocycles. The molecule has 1 amide bonds. The lowest BCUT2D eigenvalue weighted by molar-refractivity contribution is -0.131. The van der Waals surface area contributed by atoms with Gasteiger partial charge in [0.2, 0.25) is 5.91 Å². The number of hydrogen-bond acceptors (Lipinski definition) is 4. The molecule has 0 spiro atoms. The van der Waals surface area contributed by atoms with Crippen LogP contribution in [0.15, 0.2) is 24.5 Å². The summed E-state index contributed by atoms with van der Waals surface area (Å²) < 4.78 is 0. The Kier molecular flexibility index (Phi) is 5.30. The molecule has 1 aromatic rings. The van der Waals surface area contributed by atoms with Crippen LogP contribution >= 0.6 is 0 Å². The highest BCUT2D eigenvalue weighted by atomic mass is 16.2. The van der Waals surface area contributed by atoms with E-state index in [1.165, 1.54) is 5.56 Å². The summed E-state index contributed by atoms with van der Waals surface area (Å²) in [5.74, 6) is 0.208. The van der Waals surface area contributed by atoms with E-state index in [9.17, 15) is 4.79 Å². The van der Waals surface area contributed by atoms with E-state index in [-0.39, 0.29) is 5.91 Å². The second-order valence-corrected chi connectivity index (χ2v) is 4.97. The third kappa shape index (κ3) is 4.61. The van der Waals surface area contributed by atoms with Crippen molar-refractivity contribution in [3.63, 3.8) is 0 Å². The average molecular weight is 262 g/mol. The Bertz CT molecular complexity index is 388. The molecule has 0 radical (unpaired) electrons. The fourth-order valence-corrected chi connectivity index (χ4v) is 2.14. The molecule has 1 aromatic heterocycles. The van der Waals surface area contributed by atoms with Crippen LogP contribution in [0.5, 0.6) is 0 Å². The van der Waals surface area contributed by atoms with Crippen LogP contribution in [0.1, 0.15) is 5.56 Å². The summed E-state index contributed by atoms with van der Waals surface area (Å²) in [4.78, 5) is 20.2. The van der Waals surface area contributed by atoms with Crippen molar-refractivity contribution in [2.45, 2.75) is 6.42 Å². The van der Waals surface area contributed by atoms with Gasteiger partial charge in [-0.1, -0.05) is 6.07 Å². The first-order chi connectivity index (χ1) is 9.25. The Labute approximate surface area is 114 Å². The van der Waals surface area contributed by atoms with Crippen LogP contribution < -0.4 is 5.32 Å². The molecule has 0 unspecified atom stereocenters. The summed E-state index contributed by atoms with van der Waals surface area (Å²) in [5, 5.41) is 3.21. The van der Waals surface area contributed by atoms with E-state index in [1.54, 1.807) is 6.20 Å². The zero-order valence-corrected chi connectivity index (χ0v) is 11.5. The number of hydrogen-bond donors (Lipinski definition) is 1. The molecule has 0 aromatic carbocycles. The highest BCUT2D eigenvalue weighted by molar-refractivity contribution is 5.78. The van der Waals surface area contributed by atoms with E-state index in [1.807, 2.05) is 17.2 Å². The van der Waals surface area contributed by atoms with Crippen molar-refractivity contribution in [3.8, 4) is 0 Å². The van der Waals surface area contributed by atoms with Crippen molar-refractivity contribution in [2.75, 3.05) is 46.3 Å². The maximum absolute atomic E-state index is 11.9. The molecule has 1 aliphatic heterocycles. The molecule has 1 N–H and O–H groups in total. The fourth-order valence-electron chi connectivity index (χ4n) is 2.14. The van der Waals surface area contributed by atoms with Crippen molar-refractivity contribution in [1.82, 2.24) is 20.1 Å². The minimum absolute atomic E-state index is 0.208. The van der Waals surface area contributed by atoms with Gasteiger partial charge in [0.15, 0.2) is 0 Å². The van der Waals surface area contributed by atoms with Gasteiger partial charge in [-0.05, 0) is 31.6 Å². The Hall–Kier alpha value is -1.46. The largest absolute Gasteiger partial charge is 0.339 e. The number of rotatable bonds is 5. The smallest absolute Gasteiger partial charge is 0.236 e. The monoisotopic (exact) mass is 262 g/mol. The van der Waals surface area contributed by atoms with Gasteiger partial charge in [-0.3, -0.25) is 9.78 Å². The highest BCUT2D eigenvalue weighted by Crippen LogP contribution is 1.99. The van der Waals surface area contributed by atoms with Crippen LogP contribution in [0.4, 0.5) is 0 Å². The fraction of sp³-hybridized carbons (Fsp3) is 0.571. The lowest BCUT2D eigenvalue weighted by Gasteiger charge is -2.32. The third-order valence-electron chi connectivity index (χ3n) is 3.45. The molecule has 1 saturated heterocycles. The van der Waals surface area contributed by atoms with Crippen LogP contribution in [-0.2, 0) is 11.2 Å². The summed E-state index contributed by atoms with van der Waals surface area (Å²) in [7, 11) is 2.09. The SMILES string of the molecule is CN1CCN(C(=O)CNCCc2cccnc2)CC1. The summed E-state index contributed by atoms with van der Waals surface area (Å²) in [6.45, 7) is 4.89. The number of piperazine rings is 1. The van der Waals surface area contributed by atoms with Crippen molar-refractivity contribution in [3.05, 3.63) is 30.1 Å². The molecule has 5 nitrogen and oxygen atoms in total. The van der Waals surface area contributed by atoms with E-state index >= 15 is 0 Å². The average Bonchev–Trinajstić information content (AvgIpc) is 2.45. The maximum Gasteiger partial charge on any atom is 0.236 e. The lowest BCUT2D eigenvalue weighted by atomic mass is 10.2. The number of carbonyl (C=O) groups is 1. The van der Waals surface area contributed by atoms with E-state index in [2.05, 4.69) is 28.3 Å². The molecule has 5 heteroatoms. The van der Waals surface area contributed by atoms with Crippen molar-refractivity contribution in [2.24, 2.45) is 0 Å². The van der Waals surface area contributed by atoms with Crippen molar-refractivity contribution in [1.29, 1.82) is 0 Å². The van der Waals surface area contributed by atoms with E-state index in [0.717, 1.165) is 39.1 Å². The normalized spacial score (nSPS) is 16.6. The number of carbonyl (C=O) groups excluding carboxylic acids is 1. The number of pyridine rings is 1. The van der Waals surface area contributed by atoms with Gasteiger partial charge >= 0.3 is 0 Å². The summed E-state index contributed by atoms with van der Waals surface area (Å²) in [5.41, 5.74) is 1.20. The van der Waals surface area contributed by atoms with Crippen LogP contribution in [0.2, 0.25) is 0 Å². The summed E-state index contributed by atoms with van der Waals surface area (Å²) in [6.07, 6.45) is 4.54. The van der Waals surface area contributed by atoms with Crippen molar-refractivity contribution >= 4 is 5.91 Å². The zero-order chi connectivity index (χ0) is 13.5. The minimum atomic E-state index is 0.208. The topological polar surface area (TPSA) is 48.5 Å². The maximum atomic E-state index is 11.9. The van der Waals surface area contributed by atoms with Crippen LogP contribution in [-0.4, -0.2) is 67.0 Å². The second kappa shape index (κ2) is 7.21. The first-order valence-corrected chi connectivity index (χ1v) is 6.81. The number of nitrogens with zero attached hydrogens (tertiary/aromatic N) is 3. The molecular weight excluding hydrogens is 240 g/mol. The van der Waals surface area contributed by atoms with Crippen LogP contribution in [0.25, 0.3) is 0 Å². The molecule has 1 fully saturated rings. The molecular formula is C14H22N4O. The molecule has 19 heavy (non-hydrogen) atoms. The zero-order valence-electron chi connectivity index (χ0n) is 11.5. The first kappa shape index (κ1) is 14.0. The molecule has 0 bridgehead atoms. The quantitative estimate of drug-likeness (QED) is 0.758. The van der Waals surface area contributed by atoms with Gasteiger partial charge in [0.05, 0.1) is 6.54 Å². The van der Waals surface area contributed by atoms with Gasteiger partial charge in [-0.25, -0.2) is 0 Å². The van der Waals surface area contributed by atoms with Crippen molar-refractivity contribution < 1.29 is 4.79 Å². The third-order valence-corrected chi connectivity index (χ3v) is 3.45. The Morgan fingerprint density at radius 2 is 2.16 bits per heavy atom. The van der Waals surface area contributed by atoms with Gasteiger partial charge in [-0.2, -0.15) is 0 Å². The van der Waals surface area contributed by atoms with Gasteiger partial charge in [0, 0.05) is 38.6 Å². The lowest BCUT2D eigenvalue weighted by Crippen LogP contribution is -2.49. The van der Waals surface area contributed by atoms with Gasteiger partial charge in [0.1, 0.15) is 0 Å². The van der Waals surface area contributed by atoms with Gasteiger partial charge in [-0.15, -0.1) is 0 Å². The van der Waals surface area contributed by atoms with E-state index in [0.29, 0.717) is 6.54 Å². The predicted octanol–water partition coefficient (Wildman–Crippen LogP) is -0.0123. The predicted molar refractivity (Wildman–Crippen MR) is 74.9 cm³/mol. The standard InChI is InChI=1S/C14H22N4O/c1-17-7-9-18(10-8-17)14(19)12-16-6-4-13-3-2-5-15-11-13/h2-3,5,11,16H,4,6-10,12H2,1H3. The van der Waals surface area contributed by atoms with Gasteiger partial charge in [0.25, 0.3) is 0 Å². The molecule has 0 saturated carbocycles. The van der Waals surface area contributed by atoms with Gasteiger partial charge < -0.3 is 15.1 Å². The minimum Gasteiger partial charge on any atom is -0.339 e. The summed E-state index contributed by atoms with van der Waals surface area (Å²) in [6, 6.07) is 3.99. The summed E-state index contributed by atoms with van der Waals surface area (Å²) >= 11 is 0. The second-order valence-electron chi connectivity index (χ2n) is 4.97. The van der Waals surface area contributed by atoms with Crippen LogP contribution in [0, 0.1) is 0 Å². The number of nitrogens with one attached hydrogen (secondary N) is 1. The molecule has 0 atom stereocenters. The Balaban J connectivity index is 1.61. The Morgan fingerprint density at radius 3 is 2.84 bits per heavy atom. The van der Waals surface area contributed by atoms with E-state index < -0.39 is 0 Å². The van der Waals surface area contributed by atoms with Crippen LogP contribution in [0.3, 0.4) is 0 Å². The first-order valence-electron chi connectivity index (χ1n) is 6.81. The number of likely N-dealkylation sites (N-methyl/N-ethyl adjacent to an activating group) is 1. The molecule has 2 heterocycles. The Morgan fingerprint density at radius 1 is 1.37 bits per heavy atom.